The topological polar surface area (TPSA) is 42.4 Å². The number of fused-ring (bicyclic) bond motifs is 5. The predicted octanol–water partition coefficient (Wildman–Crippen LogP) is 17.2. The molecule has 65 heavy (non-hydrogen) atoms. The van der Waals surface area contributed by atoms with E-state index < -0.39 is 0 Å². The van der Waals surface area contributed by atoms with Crippen molar-refractivity contribution >= 4 is 50.1 Å². The number of furan rings is 1. The summed E-state index contributed by atoms with van der Waals surface area (Å²) in [4.78, 5) is 7.47. The van der Waals surface area contributed by atoms with E-state index >= 15 is 0 Å². The quantitative estimate of drug-likeness (QED) is 0.145. The Morgan fingerprint density at radius 2 is 0.754 bits per heavy atom. The zero-order valence-electron chi connectivity index (χ0n) is 35.3. The van der Waals surface area contributed by atoms with Crippen LogP contribution in [0.2, 0.25) is 0 Å². The molecule has 0 unspecified atom stereocenters. The van der Waals surface area contributed by atoms with Gasteiger partial charge >= 0.3 is 0 Å². The van der Waals surface area contributed by atoms with Crippen molar-refractivity contribution in [3.05, 3.63) is 243 Å². The van der Waals surface area contributed by atoms with Crippen LogP contribution in [0.25, 0.3) is 100 Å². The van der Waals surface area contributed by atoms with Crippen LogP contribution in [-0.4, -0.2) is 4.98 Å². The molecule has 4 heteroatoms. The summed E-state index contributed by atoms with van der Waals surface area (Å²) in [5.41, 5.74) is 18.5. The largest absolute Gasteiger partial charge is 0.456 e. The van der Waals surface area contributed by atoms with Crippen molar-refractivity contribution in [1.29, 1.82) is 0 Å². The molecule has 0 saturated heterocycles. The minimum absolute atomic E-state index is 0.576. The van der Waals surface area contributed by atoms with Crippen molar-refractivity contribution < 1.29 is 8.83 Å². The van der Waals surface area contributed by atoms with Crippen molar-refractivity contribution in [2.45, 2.75) is 0 Å². The average Bonchev–Trinajstić information content (AvgIpc) is 4.00. The summed E-state index contributed by atoms with van der Waals surface area (Å²) >= 11 is 0. The number of nitrogens with zero attached hydrogens (tertiary/aromatic N) is 2. The van der Waals surface area contributed by atoms with E-state index in [4.69, 9.17) is 13.8 Å². The smallest absolute Gasteiger partial charge is 0.227 e. The number of para-hydroxylation sites is 1. The first kappa shape index (κ1) is 38.0. The minimum atomic E-state index is 0.576. The predicted molar refractivity (Wildman–Crippen MR) is 269 cm³/mol. The maximum Gasteiger partial charge on any atom is 0.227 e. The highest BCUT2D eigenvalue weighted by Gasteiger charge is 2.22. The van der Waals surface area contributed by atoms with E-state index in [9.17, 15) is 0 Å². The van der Waals surface area contributed by atoms with Gasteiger partial charge in [-0.15, -0.1) is 0 Å². The molecule has 306 valence electrons. The van der Waals surface area contributed by atoms with Crippen molar-refractivity contribution in [3.8, 4) is 67.1 Å². The van der Waals surface area contributed by atoms with Gasteiger partial charge in [0.15, 0.2) is 5.58 Å². The molecule has 12 aromatic rings. The van der Waals surface area contributed by atoms with Crippen molar-refractivity contribution in [2.24, 2.45) is 0 Å². The van der Waals surface area contributed by atoms with Gasteiger partial charge in [-0.2, -0.15) is 0 Å². The zero-order chi connectivity index (χ0) is 43.1. The van der Waals surface area contributed by atoms with Crippen LogP contribution in [0.4, 0.5) is 17.1 Å². The minimum Gasteiger partial charge on any atom is -0.456 e. The summed E-state index contributed by atoms with van der Waals surface area (Å²) in [5.74, 6) is 0.576. The highest BCUT2D eigenvalue weighted by Crippen LogP contribution is 2.43. The third-order valence-electron chi connectivity index (χ3n) is 12.3. The van der Waals surface area contributed by atoms with Gasteiger partial charge in [-0.05, 0) is 111 Å². The monoisotopic (exact) mass is 832 g/mol. The Hall–Kier alpha value is -8.73. The van der Waals surface area contributed by atoms with Gasteiger partial charge in [0, 0.05) is 33.6 Å². The van der Waals surface area contributed by atoms with Crippen LogP contribution in [0.15, 0.2) is 251 Å². The van der Waals surface area contributed by atoms with Crippen molar-refractivity contribution in [1.82, 2.24) is 4.98 Å². The number of rotatable bonds is 9. The SMILES string of the molecule is c1ccc(-c2ccc(-c3ccc(N(c4ccc(-c5cc6oc7ccccc7c6c6oc(-c7ccccc7)nc56)cc4)c4cccc(-c5ccc(-c6ccccc6)cc5)c4)cc3)cc2)cc1. The molecule has 4 nitrogen and oxygen atoms in total. The van der Waals surface area contributed by atoms with E-state index in [1.54, 1.807) is 0 Å². The third kappa shape index (κ3) is 7.13. The first-order chi connectivity index (χ1) is 32.2. The summed E-state index contributed by atoms with van der Waals surface area (Å²) in [6.45, 7) is 0. The van der Waals surface area contributed by atoms with Crippen LogP contribution in [0.1, 0.15) is 0 Å². The van der Waals surface area contributed by atoms with Crippen LogP contribution >= 0.6 is 0 Å². The van der Waals surface area contributed by atoms with E-state index in [-0.39, 0.29) is 0 Å². The molecule has 2 heterocycles. The van der Waals surface area contributed by atoms with Gasteiger partial charge in [0.25, 0.3) is 0 Å². The summed E-state index contributed by atoms with van der Waals surface area (Å²) in [6, 6.07) is 85.4. The van der Waals surface area contributed by atoms with Crippen LogP contribution in [0, 0.1) is 0 Å². The van der Waals surface area contributed by atoms with Crippen LogP contribution in [0.5, 0.6) is 0 Å². The number of benzene rings is 10. The second kappa shape index (κ2) is 16.2. The normalized spacial score (nSPS) is 11.4. The average molecular weight is 833 g/mol. The summed E-state index contributed by atoms with van der Waals surface area (Å²) in [7, 11) is 0. The van der Waals surface area contributed by atoms with Gasteiger partial charge in [0.2, 0.25) is 5.89 Å². The fraction of sp³-hybridized carbons (Fsp3) is 0. The number of anilines is 3. The Labute approximate surface area is 377 Å². The van der Waals surface area contributed by atoms with Crippen molar-refractivity contribution in [3.63, 3.8) is 0 Å². The molecule has 0 saturated carbocycles. The summed E-state index contributed by atoms with van der Waals surface area (Å²) in [6.07, 6.45) is 0. The molecule has 0 aliphatic heterocycles. The molecule has 0 aliphatic carbocycles. The summed E-state index contributed by atoms with van der Waals surface area (Å²) < 4.78 is 13.1. The molecular weight excluding hydrogens is 793 g/mol. The first-order valence-corrected chi connectivity index (χ1v) is 21.9. The van der Waals surface area contributed by atoms with E-state index in [1.807, 2.05) is 48.5 Å². The molecule has 0 atom stereocenters. The molecular formula is C61H40N2O2. The number of aromatic nitrogens is 1. The lowest BCUT2D eigenvalue weighted by molar-refractivity contribution is 0.622. The molecule has 2 aromatic heterocycles. The van der Waals surface area contributed by atoms with Gasteiger partial charge < -0.3 is 13.7 Å². The molecule has 0 amide bonds. The highest BCUT2D eigenvalue weighted by atomic mass is 16.4. The van der Waals surface area contributed by atoms with Gasteiger partial charge in [-0.1, -0.05) is 182 Å². The van der Waals surface area contributed by atoms with E-state index in [1.165, 1.54) is 27.8 Å². The molecule has 0 aliphatic rings. The molecule has 0 bridgehead atoms. The summed E-state index contributed by atoms with van der Waals surface area (Å²) in [5, 5.41) is 1.94. The van der Waals surface area contributed by atoms with Gasteiger partial charge in [-0.25, -0.2) is 4.98 Å². The van der Waals surface area contributed by atoms with E-state index in [0.717, 1.165) is 83.5 Å². The Bertz CT molecular complexity index is 3600. The van der Waals surface area contributed by atoms with Crippen molar-refractivity contribution in [2.75, 3.05) is 4.90 Å². The van der Waals surface area contributed by atoms with Gasteiger partial charge in [-0.3, -0.25) is 0 Å². The number of hydrogen-bond donors (Lipinski definition) is 0. The Balaban J connectivity index is 0.945. The fourth-order valence-corrected chi connectivity index (χ4v) is 9.03. The van der Waals surface area contributed by atoms with Crippen LogP contribution < -0.4 is 4.90 Å². The number of oxazole rings is 1. The maximum absolute atomic E-state index is 6.64. The second-order valence-corrected chi connectivity index (χ2v) is 16.3. The third-order valence-corrected chi connectivity index (χ3v) is 12.3. The Morgan fingerprint density at radius 1 is 0.308 bits per heavy atom. The first-order valence-electron chi connectivity index (χ1n) is 21.9. The molecule has 12 rings (SSSR count). The van der Waals surface area contributed by atoms with Crippen LogP contribution in [0.3, 0.4) is 0 Å². The Morgan fingerprint density at radius 3 is 1.32 bits per heavy atom. The zero-order valence-corrected chi connectivity index (χ0v) is 35.3. The standard InChI is InChI=1S/C61H40N2O2/c1-4-13-41(14-5-1)43-23-25-45(26-24-43)46-31-35-51(36-32-46)63(53-20-12-19-50(39-53)47-29-27-44(28-30-47)42-15-6-2-7-16-42)52-37-33-48(34-38-52)55-40-57-58(54-21-10-11-22-56(54)64-57)60-59(55)62-61(65-60)49-17-8-3-9-18-49/h1-40H. The Kier molecular flexibility index (Phi) is 9.46. The fourth-order valence-electron chi connectivity index (χ4n) is 9.03. The lowest BCUT2D eigenvalue weighted by atomic mass is 9.99. The maximum atomic E-state index is 6.64. The molecule has 0 spiro atoms. The molecule has 0 fully saturated rings. The second-order valence-electron chi connectivity index (χ2n) is 16.3. The molecule has 0 N–H and O–H groups in total. The molecule has 0 radical (unpaired) electrons. The van der Waals surface area contributed by atoms with Crippen LogP contribution in [-0.2, 0) is 0 Å². The van der Waals surface area contributed by atoms with E-state index in [0.29, 0.717) is 5.89 Å². The lowest BCUT2D eigenvalue weighted by Gasteiger charge is -2.26. The molecule has 10 aromatic carbocycles. The van der Waals surface area contributed by atoms with Gasteiger partial charge in [0.1, 0.15) is 16.7 Å². The highest BCUT2D eigenvalue weighted by molar-refractivity contribution is 6.19. The van der Waals surface area contributed by atoms with Gasteiger partial charge in [0.05, 0.1) is 5.39 Å². The van der Waals surface area contributed by atoms with E-state index in [2.05, 4.69) is 199 Å². The number of hydrogen-bond acceptors (Lipinski definition) is 4. The lowest BCUT2D eigenvalue weighted by Crippen LogP contribution is -2.10.